The first-order valence-corrected chi connectivity index (χ1v) is 28.5. The molecule has 5 aromatic rings. The molecule has 2 aromatic heterocycles. The highest BCUT2D eigenvalue weighted by molar-refractivity contribution is 5.96. The standard InChI is InChI=1S/C62H78N8O8/c1-8-69-52-19-18-41-30-48(52)50(56(69)49-32-44(34-63-53(49)37(2)76-7)68-23-21-66(5)22-24-68)33-62(3,4)36-78-61(75)54-47-31-43(47)35-70(65-54)59(73)51(28-38-26-42(41)29-45(71)27-38)64-58(72)55(40-16-12-13-17-40)67(6)60(74)57-46(20-25-77-57)39-14-10-9-11-15-39/h9-11,14-15,18-19,26-27,29-30,32,34,37,40,43,46-47,51,54-55,57,65,71H,8,12-13,16-17,20-25,28,31,33,35-36H2,1-7H3,(H,64,72)/t37-,43?,46+,47-,51-,54-,55-,57+/m0/s1. The maximum Gasteiger partial charge on any atom is 0.325 e. The van der Waals surface area contributed by atoms with Crippen LogP contribution >= 0.6 is 0 Å². The van der Waals surface area contributed by atoms with Crippen LogP contribution in [0.2, 0.25) is 0 Å². The van der Waals surface area contributed by atoms with E-state index in [0.29, 0.717) is 38.1 Å². The first kappa shape index (κ1) is 53.7. The first-order chi connectivity index (χ1) is 37.6. The van der Waals surface area contributed by atoms with Crippen LogP contribution in [0.1, 0.15) is 101 Å². The summed E-state index contributed by atoms with van der Waals surface area (Å²) in [7, 11) is 5.56. The number of aromatic hydroxyl groups is 1. The molecule has 8 atom stereocenters. The summed E-state index contributed by atoms with van der Waals surface area (Å²) >= 11 is 0. The van der Waals surface area contributed by atoms with Crippen LogP contribution in [-0.2, 0) is 52.8 Å². The predicted molar refractivity (Wildman–Crippen MR) is 299 cm³/mol. The van der Waals surface area contributed by atoms with Crippen molar-refractivity contribution in [2.24, 2.45) is 23.2 Å². The van der Waals surface area contributed by atoms with Gasteiger partial charge in [0.15, 0.2) is 0 Å². The van der Waals surface area contributed by atoms with Crippen LogP contribution in [0.5, 0.6) is 5.75 Å². The molecule has 0 radical (unpaired) electrons. The lowest BCUT2D eigenvalue weighted by molar-refractivity contribution is -0.156. The maximum absolute atomic E-state index is 15.2. The molecular formula is C62H78N8O8. The Balaban J connectivity index is 0.996. The van der Waals surface area contributed by atoms with Gasteiger partial charge < -0.3 is 43.9 Å². The van der Waals surface area contributed by atoms with Crippen molar-refractivity contribution in [2.45, 2.75) is 122 Å². The highest BCUT2D eigenvalue weighted by Crippen LogP contribution is 2.47. The van der Waals surface area contributed by atoms with E-state index in [1.54, 1.807) is 31.2 Å². The highest BCUT2D eigenvalue weighted by atomic mass is 16.5. The quantitative estimate of drug-likeness (QED) is 0.111. The number of carbonyl (C=O) groups excluding carboxylic acids is 4. The number of nitrogens with zero attached hydrogens (tertiary/aromatic N) is 6. The zero-order chi connectivity index (χ0) is 54.6. The lowest BCUT2D eigenvalue weighted by atomic mass is 9.84. The van der Waals surface area contributed by atoms with Crippen molar-refractivity contribution in [3.63, 3.8) is 0 Å². The van der Waals surface area contributed by atoms with Gasteiger partial charge in [0, 0.05) is 94.3 Å². The van der Waals surface area contributed by atoms with Crippen LogP contribution in [0.3, 0.4) is 0 Å². The van der Waals surface area contributed by atoms with Crippen LogP contribution in [0, 0.1) is 23.2 Å². The summed E-state index contributed by atoms with van der Waals surface area (Å²) in [5.74, 6) is -1.71. The van der Waals surface area contributed by atoms with Crippen LogP contribution in [0.15, 0.2) is 79.0 Å². The Hall–Kier alpha value is -6.33. The molecule has 3 amide bonds. The zero-order valence-corrected chi connectivity index (χ0v) is 46.5. The third kappa shape index (κ3) is 10.6. The van der Waals surface area contributed by atoms with E-state index in [9.17, 15) is 14.7 Å². The zero-order valence-electron chi connectivity index (χ0n) is 46.5. The van der Waals surface area contributed by atoms with Gasteiger partial charge >= 0.3 is 5.97 Å². The van der Waals surface area contributed by atoms with E-state index in [0.717, 1.165) is 114 Å². The molecule has 3 saturated heterocycles. The Morgan fingerprint density at radius 2 is 1.76 bits per heavy atom. The monoisotopic (exact) mass is 1060 g/mol. The third-order valence-corrected chi connectivity index (χ3v) is 18.0. The third-order valence-electron chi connectivity index (χ3n) is 18.0. The number of cyclic esters (lactones) is 1. The van der Waals surface area contributed by atoms with Crippen molar-refractivity contribution < 1.29 is 38.5 Å². The minimum atomic E-state index is -1.13. The topological polar surface area (TPSA) is 171 Å². The molecule has 78 heavy (non-hydrogen) atoms. The van der Waals surface area contributed by atoms with Crippen molar-refractivity contribution in [2.75, 3.05) is 72.0 Å². The summed E-state index contributed by atoms with van der Waals surface area (Å²) < 4.78 is 20.9. The van der Waals surface area contributed by atoms with Gasteiger partial charge in [0.25, 0.3) is 11.8 Å². The number of esters is 1. The summed E-state index contributed by atoms with van der Waals surface area (Å²) in [6.45, 7) is 13.7. The van der Waals surface area contributed by atoms with Gasteiger partial charge in [0.05, 0.1) is 36.0 Å². The van der Waals surface area contributed by atoms with Crippen molar-refractivity contribution in [3.05, 3.63) is 101 Å². The number of nitrogens with one attached hydrogen (secondary N) is 2. The number of methoxy groups -OCH3 is 1. The molecule has 6 heterocycles. The van der Waals surface area contributed by atoms with E-state index in [4.69, 9.17) is 19.2 Å². The first-order valence-electron chi connectivity index (χ1n) is 28.5. The van der Waals surface area contributed by atoms with Crippen LogP contribution < -0.4 is 15.6 Å². The summed E-state index contributed by atoms with van der Waals surface area (Å²) in [5, 5.41) is 17.3. The molecule has 2 aliphatic carbocycles. The molecular weight excluding hydrogens is 985 g/mol. The number of aromatic nitrogens is 2. The smallest absolute Gasteiger partial charge is 0.325 e. The molecule has 2 saturated carbocycles. The number of phenols is 1. The fraction of sp³-hybridized carbons (Fsp3) is 0.532. The summed E-state index contributed by atoms with van der Waals surface area (Å²) in [5.41, 5.74) is 12.0. The van der Waals surface area contributed by atoms with Gasteiger partial charge in [-0.25, -0.2) is 5.43 Å². The van der Waals surface area contributed by atoms with Gasteiger partial charge in [0.2, 0.25) is 5.91 Å². The SMILES string of the molecule is CCn1c(-c2cc(N3CCN(C)CC3)cnc2[C@H](C)OC)c2c3cc(ccc31)-c1cc(O)cc(c1)C[C@H](NC(=O)[C@H](C1CCCC1)N(C)C(=O)[C@@H]1OCC[C@@H]1c1ccccc1)C(=O)N1CC3C[C@@H]3[C@H](N1)C(=O)OCC(C)(C)C2. The molecule has 16 heteroatoms. The Bertz CT molecular complexity index is 3060. The minimum absolute atomic E-state index is 0.00492. The number of fused-ring (bicyclic) bond motifs is 8. The number of hydrogen-bond acceptors (Lipinski definition) is 12. The molecule has 11 rings (SSSR count). The molecule has 3 N–H and O–H groups in total. The van der Waals surface area contributed by atoms with Crippen molar-refractivity contribution in [1.29, 1.82) is 0 Å². The van der Waals surface area contributed by atoms with E-state index in [1.165, 1.54) is 5.01 Å². The van der Waals surface area contributed by atoms with E-state index in [-0.39, 0.29) is 54.5 Å². The van der Waals surface area contributed by atoms with E-state index >= 15 is 9.59 Å². The molecule has 1 unspecified atom stereocenters. The van der Waals surface area contributed by atoms with Gasteiger partial charge in [0.1, 0.15) is 30.0 Å². The number of benzene rings is 3. The number of hydrogen-bond donors (Lipinski definition) is 3. The van der Waals surface area contributed by atoms with Crippen LogP contribution in [0.4, 0.5) is 5.69 Å². The number of hydrazine groups is 1. The Kier molecular flexibility index (Phi) is 15.2. The van der Waals surface area contributed by atoms with Gasteiger partial charge in [-0.3, -0.25) is 29.2 Å². The summed E-state index contributed by atoms with van der Waals surface area (Å²) in [4.78, 5) is 71.1. The molecule has 0 spiro atoms. The van der Waals surface area contributed by atoms with Crippen LogP contribution in [-0.4, -0.2) is 145 Å². The summed E-state index contributed by atoms with van der Waals surface area (Å²) in [6, 6.07) is 21.2. The Morgan fingerprint density at radius 3 is 2.50 bits per heavy atom. The number of anilines is 1. The average molecular weight is 1060 g/mol. The number of carbonyl (C=O) groups is 4. The predicted octanol–water partition coefficient (Wildman–Crippen LogP) is 7.65. The second kappa shape index (κ2) is 22.1. The average Bonchev–Trinajstić information content (AvgIpc) is 3.99. The minimum Gasteiger partial charge on any atom is -0.508 e. The van der Waals surface area contributed by atoms with Crippen molar-refractivity contribution in [1.82, 2.24) is 35.1 Å². The molecule has 4 aliphatic heterocycles. The lowest BCUT2D eigenvalue weighted by Crippen LogP contribution is -2.63. The lowest BCUT2D eigenvalue weighted by Gasteiger charge is -2.37. The number of piperazine rings is 1. The van der Waals surface area contributed by atoms with Crippen LogP contribution in [0.25, 0.3) is 33.3 Å². The second-order valence-corrected chi connectivity index (χ2v) is 24.0. The van der Waals surface area contributed by atoms with E-state index < -0.39 is 47.4 Å². The van der Waals surface area contributed by atoms with Gasteiger partial charge in [-0.15, -0.1) is 0 Å². The number of ether oxygens (including phenoxy) is 3. The second-order valence-electron chi connectivity index (χ2n) is 24.0. The molecule has 6 aliphatic rings. The normalized spacial score (nSPS) is 25.5. The molecule has 3 aromatic carbocycles. The van der Waals surface area contributed by atoms with Gasteiger partial charge in [-0.2, -0.15) is 0 Å². The number of amides is 3. The highest BCUT2D eigenvalue weighted by Gasteiger charge is 2.53. The number of phenolic OH excluding ortho intramolecular Hbond substituents is 1. The molecule has 5 fully saturated rings. The van der Waals surface area contributed by atoms with E-state index in [2.05, 4.69) is 77.2 Å². The fourth-order valence-corrected chi connectivity index (χ4v) is 13.5. The van der Waals surface area contributed by atoms with Gasteiger partial charge in [-0.05, 0) is 129 Å². The maximum atomic E-state index is 15.2. The van der Waals surface area contributed by atoms with Gasteiger partial charge in [-0.1, -0.05) is 69.2 Å². The summed E-state index contributed by atoms with van der Waals surface area (Å²) in [6.07, 6.45) is 6.32. The van der Waals surface area contributed by atoms with Crippen molar-refractivity contribution >= 4 is 40.3 Å². The fourth-order valence-electron chi connectivity index (χ4n) is 13.5. The van der Waals surface area contributed by atoms with Crippen molar-refractivity contribution in [3.8, 4) is 28.1 Å². The molecule has 6 bridgehead atoms. The molecule has 16 nitrogen and oxygen atoms in total. The number of likely N-dealkylation sites (N-methyl/N-ethyl adjacent to an activating group) is 2. The Labute approximate surface area is 458 Å². The molecule has 414 valence electrons. The van der Waals surface area contributed by atoms with E-state index in [1.807, 2.05) is 49.5 Å². The number of pyridine rings is 1. The number of rotatable bonds is 11. The number of aryl methyl sites for hydroxylation is 1. The Morgan fingerprint density at radius 1 is 0.987 bits per heavy atom. The largest absolute Gasteiger partial charge is 0.508 e.